The molecule has 0 aliphatic rings. The number of halogens is 4. The average Bonchev–Trinajstić information content (AvgIpc) is 2.82. The second-order valence-corrected chi connectivity index (χ2v) is 11.4. The highest BCUT2D eigenvalue weighted by molar-refractivity contribution is 7.92. The Morgan fingerprint density at radius 3 is 2.19 bits per heavy atom. The van der Waals surface area contributed by atoms with Gasteiger partial charge in [-0.05, 0) is 55.2 Å². The van der Waals surface area contributed by atoms with Gasteiger partial charge >= 0.3 is 6.18 Å². The number of nitrogens with one attached hydrogen (secondary N) is 1. The summed E-state index contributed by atoms with van der Waals surface area (Å²) in [6.45, 7) is 5.02. The SMILES string of the molecule is Cc1ccc(S(=O)(=O)N(CC(=O)N[C@H](CC(C)C)c2ccccc2)c2ccc(Cl)c(C(F)(F)F)c2)cc1. The maximum Gasteiger partial charge on any atom is 0.417 e. The monoisotopic (exact) mass is 552 g/mol. The second kappa shape index (κ2) is 11.6. The average molecular weight is 553 g/mol. The van der Waals surface area contributed by atoms with Crippen LogP contribution in [0.1, 0.15) is 43.0 Å². The number of hydrogen-bond donors (Lipinski definition) is 1. The van der Waals surface area contributed by atoms with Crippen LogP contribution in [-0.2, 0) is 21.0 Å². The Morgan fingerprint density at radius 2 is 1.62 bits per heavy atom. The Labute approximate surface area is 220 Å². The molecular weight excluding hydrogens is 525 g/mol. The fourth-order valence-electron chi connectivity index (χ4n) is 3.84. The van der Waals surface area contributed by atoms with Gasteiger partial charge in [-0.2, -0.15) is 13.2 Å². The van der Waals surface area contributed by atoms with Gasteiger partial charge in [-0.25, -0.2) is 8.42 Å². The van der Waals surface area contributed by atoms with Crippen LogP contribution in [-0.4, -0.2) is 20.9 Å². The molecule has 10 heteroatoms. The molecule has 1 N–H and O–H groups in total. The van der Waals surface area contributed by atoms with Gasteiger partial charge in [0.2, 0.25) is 5.91 Å². The summed E-state index contributed by atoms with van der Waals surface area (Å²) in [5.74, 6) is -0.447. The van der Waals surface area contributed by atoms with Crippen LogP contribution in [0.3, 0.4) is 0 Å². The lowest BCUT2D eigenvalue weighted by molar-refractivity contribution is -0.137. The van der Waals surface area contributed by atoms with Gasteiger partial charge in [0.1, 0.15) is 6.54 Å². The van der Waals surface area contributed by atoms with Crippen molar-refractivity contribution in [1.29, 1.82) is 0 Å². The van der Waals surface area contributed by atoms with Crippen molar-refractivity contribution in [3.05, 3.63) is 94.5 Å². The highest BCUT2D eigenvalue weighted by atomic mass is 35.5. The van der Waals surface area contributed by atoms with Crippen molar-refractivity contribution in [2.75, 3.05) is 10.8 Å². The molecule has 0 radical (unpaired) electrons. The van der Waals surface area contributed by atoms with Crippen molar-refractivity contribution in [3.63, 3.8) is 0 Å². The number of sulfonamides is 1. The molecule has 0 heterocycles. The molecule has 198 valence electrons. The van der Waals surface area contributed by atoms with E-state index in [2.05, 4.69) is 5.32 Å². The van der Waals surface area contributed by atoms with E-state index in [-0.39, 0.29) is 16.5 Å². The van der Waals surface area contributed by atoms with Crippen molar-refractivity contribution in [2.45, 2.75) is 44.3 Å². The Bertz CT molecular complexity index is 1330. The van der Waals surface area contributed by atoms with E-state index in [1.165, 1.54) is 12.1 Å². The van der Waals surface area contributed by atoms with Gasteiger partial charge in [-0.15, -0.1) is 0 Å². The summed E-state index contributed by atoms with van der Waals surface area (Å²) < 4.78 is 68.6. The fraction of sp³-hybridized carbons (Fsp3) is 0.296. The first-order chi connectivity index (χ1) is 17.3. The Balaban J connectivity index is 2.02. The summed E-state index contributed by atoms with van der Waals surface area (Å²) >= 11 is 5.76. The first kappa shape index (κ1) is 28.5. The molecule has 0 unspecified atom stereocenters. The van der Waals surface area contributed by atoms with Crippen LogP contribution in [0, 0.1) is 12.8 Å². The Morgan fingerprint density at radius 1 is 1.00 bits per heavy atom. The van der Waals surface area contributed by atoms with Crippen LogP contribution < -0.4 is 9.62 Å². The van der Waals surface area contributed by atoms with Crippen LogP contribution in [0.25, 0.3) is 0 Å². The Kier molecular flexibility index (Phi) is 8.92. The molecule has 0 spiro atoms. The Hall–Kier alpha value is -3.04. The van der Waals surface area contributed by atoms with Gasteiger partial charge in [0, 0.05) is 0 Å². The molecule has 1 amide bonds. The maximum atomic E-state index is 13.6. The summed E-state index contributed by atoms with van der Waals surface area (Å²) in [4.78, 5) is 13.1. The summed E-state index contributed by atoms with van der Waals surface area (Å²) in [6.07, 6.45) is -4.23. The minimum Gasteiger partial charge on any atom is -0.348 e. The van der Waals surface area contributed by atoms with Gasteiger partial charge in [0.25, 0.3) is 10.0 Å². The van der Waals surface area contributed by atoms with E-state index in [4.69, 9.17) is 11.6 Å². The van der Waals surface area contributed by atoms with E-state index in [0.29, 0.717) is 16.8 Å². The number of benzene rings is 3. The molecule has 0 aliphatic carbocycles. The van der Waals surface area contributed by atoms with Gasteiger partial charge < -0.3 is 5.32 Å². The van der Waals surface area contributed by atoms with E-state index >= 15 is 0 Å². The minimum atomic E-state index is -4.82. The molecular formula is C27H28ClF3N2O3S. The number of carbonyl (C=O) groups excluding carboxylic acids is 1. The number of rotatable bonds is 9. The van der Waals surface area contributed by atoms with Crippen LogP contribution in [0.15, 0.2) is 77.7 Å². The largest absolute Gasteiger partial charge is 0.417 e. The van der Waals surface area contributed by atoms with Gasteiger partial charge in [-0.1, -0.05) is 73.5 Å². The number of carbonyl (C=O) groups is 1. The quantitative estimate of drug-likeness (QED) is 0.319. The topological polar surface area (TPSA) is 66.5 Å². The molecule has 0 fully saturated rings. The third kappa shape index (κ3) is 7.26. The minimum absolute atomic E-state index is 0.156. The zero-order valence-corrected chi connectivity index (χ0v) is 22.2. The smallest absolute Gasteiger partial charge is 0.348 e. The first-order valence-electron chi connectivity index (χ1n) is 11.6. The van der Waals surface area contributed by atoms with E-state index < -0.39 is 45.3 Å². The van der Waals surface area contributed by atoms with E-state index in [1.54, 1.807) is 19.1 Å². The number of amides is 1. The lowest BCUT2D eigenvalue weighted by Gasteiger charge is -2.27. The predicted octanol–water partition coefficient (Wildman–Crippen LogP) is 6.77. The van der Waals surface area contributed by atoms with Crippen molar-refractivity contribution >= 4 is 33.2 Å². The lowest BCUT2D eigenvalue weighted by atomic mass is 9.97. The number of hydrogen-bond acceptors (Lipinski definition) is 3. The first-order valence-corrected chi connectivity index (χ1v) is 13.4. The van der Waals surface area contributed by atoms with Crippen LogP contribution in [0.2, 0.25) is 5.02 Å². The number of anilines is 1. The molecule has 3 rings (SSSR count). The summed E-state index contributed by atoms with van der Waals surface area (Å²) in [6, 6.07) is 17.4. The van der Waals surface area contributed by atoms with Crippen molar-refractivity contribution in [2.24, 2.45) is 5.92 Å². The molecule has 37 heavy (non-hydrogen) atoms. The van der Waals surface area contributed by atoms with Gasteiger partial charge in [-0.3, -0.25) is 9.10 Å². The molecule has 0 bridgehead atoms. The van der Waals surface area contributed by atoms with Crippen LogP contribution >= 0.6 is 11.6 Å². The molecule has 3 aromatic carbocycles. The zero-order chi connectivity index (χ0) is 27.4. The normalized spacial score (nSPS) is 12.9. The molecule has 1 atom stereocenters. The van der Waals surface area contributed by atoms with E-state index in [0.717, 1.165) is 23.3 Å². The second-order valence-electron chi connectivity index (χ2n) is 9.15. The lowest BCUT2D eigenvalue weighted by Crippen LogP contribution is -2.42. The third-order valence-corrected chi connectivity index (χ3v) is 7.80. The van der Waals surface area contributed by atoms with Crippen LogP contribution in [0.5, 0.6) is 0 Å². The number of aryl methyl sites for hydroxylation is 1. The zero-order valence-electron chi connectivity index (χ0n) is 20.6. The molecule has 3 aromatic rings. The summed E-state index contributed by atoms with van der Waals surface area (Å²) in [5, 5.41) is 2.29. The molecule has 0 aliphatic heterocycles. The molecule has 0 aromatic heterocycles. The van der Waals surface area contributed by atoms with Crippen LogP contribution in [0.4, 0.5) is 18.9 Å². The maximum absolute atomic E-state index is 13.6. The third-order valence-electron chi connectivity index (χ3n) is 5.68. The molecule has 0 saturated heterocycles. The number of nitrogens with zero attached hydrogens (tertiary/aromatic N) is 1. The van der Waals surface area contributed by atoms with Crippen molar-refractivity contribution < 1.29 is 26.4 Å². The standard InChI is InChI=1S/C27H28ClF3N2O3S/c1-18(2)15-25(20-7-5-4-6-8-20)32-26(34)17-33(37(35,36)22-12-9-19(3)10-13-22)21-11-14-24(28)23(16-21)27(29,30)31/h4-14,16,18,25H,15,17H2,1-3H3,(H,32,34)/t25-/m1/s1. The van der Waals surface area contributed by atoms with Crippen molar-refractivity contribution in [1.82, 2.24) is 5.32 Å². The van der Waals surface area contributed by atoms with Crippen molar-refractivity contribution in [3.8, 4) is 0 Å². The molecule has 0 saturated carbocycles. The highest BCUT2D eigenvalue weighted by Gasteiger charge is 2.35. The van der Waals surface area contributed by atoms with E-state index in [1.807, 2.05) is 44.2 Å². The predicted molar refractivity (Wildman–Crippen MR) is 139 cm³/mol. The highest BCUT2D eigenvalue weighted by Crippen LogP contribution is 2.38. The summed E-state index contributed by atoms with van der Waals surface area (Å²) in [7, 11) is -4.40. The summed E-state index contributed by atoms with van der Waals surface area (Å²) in [5.41, 5.74) is 0.113. The fourth-order valence-corrected chi connectivity index (χ4v) is 5.48. The van der Waals surface area contributed by atoms with Gasteiger partial charge in [0.05, 0.1) is 27.2 Å². The number of alkyl halides is 3. The van der Waals surface area contributed by atoms with Gasteiger partial charge in [0.15, 0.2) is 0 Å². The molecule has 5 nitrogen and oxygen atoms in total. The van der Waals surface area contributed by atoms with E-state index in [9.17, 15) is 26.4 Å².